The number of ether oxygens (including phenoxy) is 3. The number of aliphatic hydroxyl groups excluding tert-OH is 1. The lowest BCUT2D eigenvalue weighted by molar-refractivity contribution is -0.175. The first-order valence-corrected chi connectivity index (χ1v) is 18.7. The molecule has 1 aromatic rings. The maximum absolute atomic E-state index is 13.2. The lowest BCUT2D eigenvalue weighted by Crippen LogP contribution is -2.74. The highest BCUT2D eigenvalue weighted by Crippen LogP contribution is 2.64. The molecule has 2 aliphatic carbocycles. The molecule has 47 heavy (non-hydrogen) atoms. The zero-order valence-electron chi connectivity index (χ0n) is 29.2. The van der Waals surface area contributed by atoms with Gasteiger partial charge in [-0.3, -0.25) is 4.79 Å². The SMILES string of the molecule is CCCCCCCCCCCCCCCCCC(=O)O[C@@H](C)C(=O)OC1=CC[C@@]2(O)[C@H]3Cc4ccc(CO)c5c4C2(CCN3C)C1O5. The van der Waals surface area contributed by atoms with E-state index in [0.29, 0.717) is 36.3 Å². The topological polar surface area (TPSA) is 106 Å². The van der Waals surface area contributed by atoms with Gasteiger partial charge in [-0.25, -0.2) is 4.79 Å². The normalized spacial score (nSPS) is 26.3. The van der Waals surface area contributed by atoms with Crippen molar-refractivity contribution in [2.45, 2.75) is 172 Å². The van der Waals surface area contributed by atoms with Crippen LogP contribution in [0.25, 0.3) is 0 Å². The van der Waals surface area contributed by atoms with Crippen LogP contribution in [0.4, 0.5) is 0 Å². The zero-order valence-corrected chi connectivity index (χ0v) is 29.2. The Morgan fingerprint density at radius 3 is 2.21 bits per heavy atom. The fourth-order valence-electron chi connectivity index (χ4n) is 8.78. The van der Waals surface area contributed by atoms with E-state index in [-0.39, 0.29) is 25.0 Å². The van der Waals surface area contributed by atoms with Crippen LogP contribution in [0.15, 0.2) is 24.0 Å². The van der Waals surface area contributed by atoms with Crippen molar-refractivity contribution in [1.29, 1.82) is 0 Å². The van der Waals surface area contributed by atoms with Crippen molar-refractivity contribution < 1.29 is 34.0 Å². The molecule has 1 saturated heterocycles. The first-order valence-electron chi connectivity index (χ1n) is 18.7. The van der Waals surface area contributed by atoms with Gasteiger partial charge < -0.3 is 29.3 Å². The quantitative estimate of drug-likeness (QED) is 0.113. The van der Waals surface area contributed by atoms with E-state index in [1.54, 1.807) is 13.0 Å². The molecule has 0 amide bonds. The van der Waals surface area contributed by atoms with Crippen molar-refractivity contribution >= 4 is 11.9 Å². The molecule has 0 radical (unpaired) electrons. The van der Waals surface area contributed by atoms with E-state index in [4.69, 9.17) is 14.2 Å². The molecule has 1 fully saturated rings. The highest BCUT2D eigenvalue weighted by molar-refractivity contribution is 5.80. The van der Waals surface area contributed by atoms with Crippen LogP contribution in [-0.4, -0.2) is 64.5 Å². The number of rotatable bonds is 20. The Morgan fingerprint density at radius 1 is 0.979 bits per heavy atom. The molecule has 4 aliphatic rings. The lowest BCUT2D eigenvalue weighted by atomic mass is 9.50. The number of carbonyl (C=O) groups excluding carboxylic acids is 2. The first-order chi connectivity index (χ1) is 22.8. The number of likely N-dealkylation sites (tertiary alicyclic amines) is 1. The van der Waals surface area contributed by atoms with Gasteiger partial charge in [0.1, 0.15) is 11.5 Å². The molecular weight excluding hydrogens is 594 g/mol. The Balaban J connectivity index is 1.03. The number of unbranched alkanes of at least 4 members (excludes halogenated alkanes) is 14. The monoisotopic (exact) mass is 653 g/mol. The van der Waals surface area contributed by atoms with Gasteiger partial charge in [-0.05, 0) is 51.4 Å². The molecule has 2 N–H and O–H groups in total. The van der Waals surface area contributed by atoms with Crippen LogP contribution in [0.3, 0.4) is 0 Å². The van der Waals surface area contributed by atoms with Gasteiger partial charge in [0.2, 0.25) is 0 Å². The van der Waals surface area contributed by atoms with E-state index in [9.17, 15) is 19.8 Å². The van der Waals surface area contributed by atoms with Gasteiger partial charge in [0, 0.05) is 30.0 Å². The average Bonchev–Trinajstić information content (AvgIpc) is 3.42. The Hall–Kier alpha value is -2.42. The van der Waals surface area contributed by atoms with Crippen LogP contribution < -0.4 is 4.74 Å². The largest absolute Gasteiger partial charge is 0.481 e. The summed E-state index contributed by atoms with van der Waals surface area (Å²) in [5.74, 6) is -0.0863. The van der Waals surface area contributed by atoms with Crippen LogP contribution >= 0.6 is 0 Å². The summed E-state index contributed by atoms with van der Waals surface area (Å²) in [7, 11) is 2.04. The fourth-order valence-corrected chi connectivity index (χ4v) is 8.78. The van der Waals surface area contributed by atoms with Gasteiger partial charge in [-0.1, -0.05) is 109 Å². The number of aliphatic hydroxyl groups is 2. The van der Waals surface area contributed by atoms with Crippen molar-refractivity contribution in [3.8, 4) is 5.75 Å². The lowest BCUT2D eigenvalue weighted by Gasteiger charge is -2.61. The molecule has 2 unspecified atom stereocenters. The molecule has 5 rings (SSSR count). The van der Waals surface area contributed by atoms with Crippen molar-refractivity contribution in [3.63, 3.8) is 0 Å². The van der Waals surface area contributed by atoms with Gasteiger partial charge in [-0.15, -0.1) is 0 Å². The van der Waals surface area contributed by atoms with Crippen molar-refractivity contribution in [1.82, 2.24) is 4.90 Å². The Bertz CT molecular complexity index is 1260. The van der Waals surface area contributed by atoms with Crippen molar-refractivity contribution in [3.05, 3.63) is 40.7 Å². The molecule has 5 atom stereocenters. The molecule has 2 aliphatic heterocycles. The summed E-state index contributed by atoms with van der Waals surface area (Å²) in [6.45, 7) is 4.39. The Morgan fingerprint density at radius 2 is 1.60 bits per heavy atom. The molecule has 8 nitrogen and oxygen atoms in total. The molecule has 8 heteroatoms. The second-order valence-electron chi connectivity index (χ2n) is 14.7. The van der Waals surface area contributed by atoms with Crippen LogP contribution in [0.2, 0.25) is 0 Å². The molecule has 2 bridgehead atoms. The minimum absolute atomic E-state index is 0.103. The predicted molar refractivity (Wildman–Crippen MR) is 182 cm³/mol. The maximum Gasteiger partial charge on any atom is 0.352 e. The molecule has 0 aromatic heterocycles. The minimum atomic E-state index is -1.10. The van der Waals surface area contributed by atoms with Crippen LogP contribution in [0.5, 0.6) is 5.75 Å². The van der Waals surface area contributed by atoms with E-state index in [0.717, 1.165) is 36.9 Å². The summed E-state index contributed by atoms with van der Waals surface area (Å²) in [6.07, 6.45) is 20.9. The molecule has 262 valence electrons. The molecule has 1 spiro atoms. The maximum atomic E-state index is 13.2. The number of nitrogens with zero attached hydrogens (tertiary/aromatic N) is 1. The van der Waals surface area contributed by atoms with E-state index in [2.05, 4.69) is 11.8 Å². The van der Waals surface area contributed by atoms with Crippen LogP contribution in [0.1, 0.15) is 146 Å². The summed E-state index contributed by atoms with van der Waals surface area (Å²) >= 11 is 0. The van der Waals surface area contributed by atoms with Gasteiger partial charge in [-0.2, -0.15) is 0 Å². The molecule has 2 heterocycles. The highest BCUT2D eigenvalue weighted by atomic mass is 16.6. The fraction of sp³-hybridized carbons (Fsp3) is 0.744. The molecule has 0 saturated carbocycles. The van der Waals surface area contributed by atoms with E-state index in [1.807, 2.05) is 19.2 Å². The van der Waals surface area contributed by atoms with Gasteiger partial charge >= 0.3 is 11.9 Å². The van der Waals surface area contributed by atoms with Crippen molar-refractivity contribution in [2.75, 3.05) is 13.6 Å². The summed E-state index contributed by atoms with van der Waals surface area (Å²) < 4.78 is 17.9. The number of hydrogen-bond donors (Lipinski definition) is 2. The summed E-state index contributed by atoms with van der Waals surface area (Å²) in [4.78, 5) is 28.0. The summed E-state index contributed by atoms with van der Waals surface area (Å²) in [5.41, 5.74) is 0.841. The summed E-state index contributed by atoms with van der Waals surface area (Å²) in [6, 6.07) is 3.82. The second kappa shape index (κ2) is 16.3. The second-order valence-corrected chi connectivity index (χ2v) is 14.7. The number of hydrogen-bond acceptors (Lipinski definition) is 8. The standard InChI is InChI=1S/C39H59NO7/c1-4-5-6-7-8-9-10-11-12-13-14-15-16-17-18-19-33(42)45-28(2)37(43)46-31-22-23-39(44)32-26-29-20-21-30(27-41)35-34(29)38(39,36(31)47-35)24-25-40(32)3/h20-22,28,32,36,41,44H,4-19,23-27H2,1-3H3/t28-,32+,36?,38?,39+/m0/s1. The number of likely N-dealkylation sites (N-methyl/N-ethyl adjacent to an activating group) is 1. The first kappa shape index (κ1) is 35.9. The Kier molecular flexibility index (Phi) is 12.5. The van der Waals surface area contributed by atoms with E-state index < -0.39 is 29.2 Å². The van der Waals surface area contributed by atoms with Crippen molar-refractivity contribution in [2.24, 2.45) is 0 Å². The highest BCUT2D eigenvalue weighted by Gasteiger charge is 2.71. The third-order valence-corrected chi connectivity index (χ3v) is 11.5. The third kappa shape index (κ3) is 7.45. The van der Waals surface area contributed by atoms with Gasteiger partial charge in [0.25, 0.3) is 0 Å². The van der Waals surface area contributed by atoms with E-state index in [1.165, 1.54) is 77.0 Å². The number of benzene rings is 1. The van der Waals surface area contributed by atoms with Gasteiger partial charge in [0.15, 0.2) is 12.2 Å². The molecular formula is C39H59NO7. The molecule has 1 aromatic carbocycles. The van der Waals surface area contributed by atoms with Crippen LogP contribution in [0, 0.1) is 0 Å². The van der Waals surface area contributed by atoms with E-state index >= 15 is 0 Å². The Labute approximate surface area is 282 Å². The predicted octanol–water partition coefficient (Wildman–Crippen LogP) is 7.19. The minimum Gasteiger partial charge on any atom is -0.481 e. The number of piperidine rings is 1. The summed E-state index contributed by atoms with van der Waals surface area (Å²) in [5, 5.41) is 22.4. The van der Waals surface area contributed by atoms with Gasteiger partial charge in [0.05, 0.1) is 17.6 Å². The number of esters is 2. The average molecular weight is 654 g/mol. The number of carbonyl (C=O) groups is 2. The zero-order chi connectivity index (χ0) is 33.4. The third-order valence-electron chi connectivity index (χ3n) is 11.5. The van der Waals surface area contributed by atoms with Crippen LogP contribution in [-0.2, 0) is 37.5 Å². The smallest absolute Gasteiger partial charge is 0.352 e.